The van der Waals surface area contributed by atoms with E-state index >= 15 is 0 Å². The van der Waals surface area contributed by atoms with Crippen molar-refractivity contribution < 1.29 is 19.4 Å². The quantitative estimate of drug-likeness (QED) is 0.778. The Kier molecular flexibility index (Phi) is 5.60. The summed E-state index contributed by atoms with van der Waals surface area (Å²) >= 11 is 0. The molecule has 6 nitrogen and oxygen atoms in total. The van der Waals surface area contributed by atoms with E-state index in [1.165, 1.54) is 0 Å². The number of carbonyl (C=O) groups excluding carboxylic acids is 1. The Morgan fingerprint density at radius 3 is 2.56 bits per heavy atom. The third kappa shape index (κ3) is 4.76. The number of hydrogen-bond acceptors (Lipinski definition) is 4. The van der Waals surface area contributed by atoms with Crippen molar-refractivity contribution in [2.45, 2.75) is 50.9 Å². The van der Waals surface area contributed by atoms with Crippen molar-refractivity contribution in [2.75, 3.05) is 0 Å². The summed E-state index contributed by atoms with van der Waals surface area (Å²) in [5, 5.41) is 22.7. The number of phenolic OH excluding ortho intramolecular Hbond substituents is 1. The zero-order valence-corrected chi connectivity index (χ0v) is 14.1. The van der Waals surface area contributed by atoms with Gasteiger partial charge in [0.05, 0.1) is 25.5 Å². The van der Waals surface area contributed by atoms with Crippen LogP contribution in [0.1, 0.15) is 37.0 Å². The van der Waals surface area contributed by atoms with Gasteiger partial charge in [0.25, 0.3) is 0 Å². The minimum atomic E-state index is -0.256. The Bertz CT molecular complexity index is 678. The van der Waals surface area contributed by atoms with E-state index in [4.69, 9.17) is 4.42 Å². The lowest BCUT2D eigenvalue weighted by molar-refractivity contribution is 0.114. The van der Waals surface area contributed by atoms with Crippen molar-refractivity contribution in [1.29, 1.82) is 0 Å². The number of furan rings is 1. The van der Waals surface area contributed by atoms with Gasteiger partial charge in [-0.05, 0) is 43.9 Å². The van der Waals surface area contributed by atoms with Crippen molar-refractivity contribution in [1.82, 2.24) is 10.2 Å². The Hall–Kier alpha value is -2.47. The number of rotatable bonds is 5. The first-order valence-corrected chi connectivity index (χ1v) is 8.64. The van der Waals surface area contributed by atoms with Gasteiger partial charge < -0.3 is 24.8 Å². The number of benzene rings is 1. The third-order valence-corrected chi connectivity index (χ3v) is 4.59. The second-order valence-corrected chi connectivity index (χ2v) is 6.52. The first-order valence-electron chi connectivity index (χ1n) is 8.64. The first kappa shape index (κ1) is 17.4. The van der Waals surface area contributed by atoms with Crippen LogP contribution in [0.15, 0.2) is 47.1 Å². The van der Waals surface area contributed by atoms with Crippen LogP contribution < -0.4 is 5.32 Å². The SMILES string of the molecule is O=C(NC1CCC(O)CC1)N(Cc1ccco1)Cc1ccccc1O. The third-order valence-electron chi connectivity index (χ3n) is 4.59. The number of nitrogens with one attached hydrogen (secondary N) is 1. The molecule has 1 saturated carbocycles. The molecule has 1 aliphatic carbocycles. The Labute approximate surface area is 147 Å². The summed E-state index contributed by atoms with van der Waals surface area (Å²) in [5.74, 6) is 0.852. The fourth-order valence-electron chi connectivity index (χ4n) is 3.13. The molecule has 3 N–H and O–H groups in total. The second-order valence-electron chi connectivity index (χ2n) is 6.52. The monoisotopic (exact) mass is 344 g/mol. The number of carbonyl (C=O) groups is 1. The number of aromatic hydroxyl groups is 1. The summed E-state index contributed by atoms with van der Waals surface area (Å²) in [5.41, 5.74) is 0.684. The van der Waals surface area contributed by atoms with Gasteiger partial charge in [-0.3, -0.25) is 0 Å². The highest BCUT2D eigenvalue weighted by molar-refractivity contribution is 5.74. The van der Waals surface area contributed by atoms with Crippen molar-refractivity contribution in [2.24, 2.45) is 0 Å². The molecule has 0 atom stereocenters. The second kappa shape index (κ2) is 8.07. The summed E-state index contributed by atoms with van der Waals surface area (Å²) in [7, 11) is 0. The Morgan fingerprint density at radius 2 is 1.88 bits per heavy atom. The van der Waals surface area contributed by atoms with Crippen LogP contribution in [0.5, 0.6) is 5.75 Å². The highest BCUT2D eigenvalue weighted by atomic mass is 16.3. The number of amides is 2. The average Bonchev–Trinajstić information content (AvgIpc) is 3.11. The first-order chi connectivity index (χ1) is 12.1. The molecule has 0 radical (unpaired) electrons. The molecule has 0 aliphatic heterocycles. The minimum absolute atomic E-state index is 0.0689. The summed E-state index contributed by atoms with van der Waals surface area (Å²) < 4.78 is 5.37. The van der Waals surface area contributed by atoms with Gasteiger partial charge in [-0.25, -0.2) is 4.79 Å². The summed E-state index contributed by atoms with van der Waals surface area (Å²) in [6.07, 6.45) is 4.30. The number of hydrogen-bond donors (Lipinski definition) is 3. The molecule has 0 bridgehead atoms. The molecule has 1 aromatic carbocycles. The van der Waals surface area contributed by atoms with Crippen LogP contribution in [0.25, 0.3) is 0 Å². The number of nitrogens with zero attached hydrogens (tertiary/aromatic N) is 1. The summed E-state index contributed by atoms with van der Waals surface area (Å²) in [6.45, 7) is 0.608. The van der Waals surface area contributed by atoms with Crippen LogP contribution in [0.4, 0.5) is 4.79 Å². The van der Waals surface area contributed by atoms with Crippen molar-refractivity contribution >= 4 is 6.03 Å². The lowest BCUT2D eigenvalue weighted by atomic mass is 9.93. The Morgan fingerprint density at radius 1 is 1.12 bits per heavy atom. The van der Waals surface area contributed by atoms with Gasteiger partial charge in [0.15, 0.2) is 0 Å². The van der Waals surface area contributed by atoms with Crippen molar-refractivity contribution in [3.05, 3.63) is 54.0 Å². The molecule has 3 rings (SSSR count). The van der Waals surface area contributed by atoms with Gasteiger partial charge in [0.1, 0.15) is 11.5 Å². The van der Waals surface area contributed by atoms with Crippen LogP contribution in [-0.2, 0) is 13.1 Å². The molecule has 134 valence electrons. The number of aliphatic hydroxyl groups excluding tert-OH is 1. The lowest BCUT2D eigenvalue weighted by Crippen LogP contribution is -2.45. The average molecular weight is 344 g/mol. The van der Waals surface area contributed by atoms with E-state index in [1.807, 2.05) is 12.1 Å². The lowest BCUT2D eigenvalue weighted by Gasteiger charge is -2.29. The number of aliphatic hydroxyl groups is 1. The molecule has 25 heavy (non-hydrogen) atoms. The summed E-state index contributed by atoms with van der Waals surface area (Å²) in [6, 6.07) is 10.5. The van der Waals surface area contributed by atoms with Gasteiger partial charge in [0.2, 0.25) is 0 Å². The minimum Gasteiger partial charge on any atom is -0.508 e. The van der Waals surface area contributed by atoms with E-state index in [1.54, 1.807) is 35.4 Å². The molecule has 2 amide bonds. The van der Waals surface area contributed by atoms with E-state index in [0.29, 0.717) is 30.7 Å². The van der Waals surface area contributed by atoms with E-state index in [-0.39, 0.29) is 30.5 Å². The molecular weight excluding hydrogens is 320 g/mol. The summed E-state index contributed by atoms with van der Waals surface area (Å²) in [4.78, 5) is 14.4. The maximum atomic E-state index is 12.8. The van der Waals surface area contributed by atoms with Crippen LogP contribution in [-0.4, -0.2) is 33.3 Å². The smallest absolute Gasteiger partial charge is 0.318 e. The van der Waals surface area contributed by atoms with E-state index in [2.05, 4.69) is 5.32 Å². The van der Waals surface area contributed by atoms with Gasteiger partial charge in [-0.15, -0.1) is 0 Å². The van der Waals surface area contributed by atoms with E-state index in [9.17, 15) is 15.0 Å². The molecule has 0 saturated heterocycles. The maximum Gasteiger partial charge on any atom is 0.318 e. The molecule has 0 unspecified atom stereocenters. The predicted octanol–water partition coefficient (Wildman–Crippen LogP) is 3.00. The zero-order chi connectivity index (χ0) is 17.6. The van der Waals surface area contributed by atoms with Crippen LogP contribution >= 0.6 is 0 Å². The number of para-hydroxylation sites is 1. The van der Waals surface area contributed by atoms with Crippen molar-refractivity contribution in [3.63, 3.8) is 0 Å². The van der Waals surface area contributed by atoms with Gasteiger partial charge in [0, 0.05) is 11.6 Å². The zero-order valence-electron chi connectivity index (χ0n) is 14.1. The normalized spacial score (nSPS) is 20.2. The predicted molar refractivity (Wildman–Crippen MR) is 92.9 cm³/mol. The van der Waals surface area contributed by atoms with E-state index in [0.717, 1.165) is 12.8 Å². The largest absolute Gasteiger partial charge is 0.508 e. The highest BCUT2D eigenvalue weighted by Crippen LogP contribution is 2.21. The number of phenols is 1. The maximum absolute atomic E-state index is 12.8. The van der Waals surface area contributed by atoms with Crippen molar-refractivity contribution in [3.8, 4) is 5.75 Å². The molecule has 1 aliphatic rings. The number of urea groups is 1. The topological polar surface area (TPSA) is 85.9 Å². The fourth-order valence-corrected chi connectivity index (χ4v) is 3.13. The van der Waals surface area contributed by atoms with Gasteiger partial charge >= 0.3 is 6.03 Å². The van der Waals surface area contributed by atoms with Gasteiger partial charge in [-0.2, -0.15) is 0 Å². The molecule has 0 spiro atoms. The van der Waals surface area contributed by atoms with Crippen LogP contribution in [0, 0.1) is 0 Å². The highest BCUT2D eigenvalue weighted by Gasteiger charge is 2.24. The van der Waals surface area contributed by atoms with Gasteiger partial charge in [-0.1, -0.05) is 18.2 Å². The van der Waals surface area contributed by atoms with Crippen LogP contribution in [0.3, 0.4) is 0 Å². The van der Waals surface area contributed by atoms with Crippen LogP contribution in [0.2, 0.25) is 0 Å². The standard InChI is InChI=1S/C19H24N2O4/c22-16-9-7-15(8-10-16)20-19(24)21(13-17-5-3-11-25-17)12-14-4-1-2-6-18(14)23/h1-6,11,15-16,22-23H,7-10,12-13H2,(H,20,24). The fraction of sp³-hybridized carbons (Fsp3) is 0.421. The molecule has 1 fully saturated rings. The molecule has 6 heteroatoms. The molecular formula is C19H24N2O4. The van der Waals surface area contributed by atoms with E-state index < -0.39 is 0 Å². The molecule has 2 aromatic rings. The molecule has 1 aromatic heterocycles. The Balaban J connectivity index is 1.69. The molecule has 1 heterocycles.